The molecule has 1 heteroatoms. The molecule has 2 rings (SSSR count). The van der Waals surface area contributed by atoms with Crippen LogP contribution in [0, 0.1) is 17.8 Å². The summed E-state index contributed by atoms with van der Waals surface area (Å²) in [5.41, 5.74) is 0. The second-order valence-corrected chi connectivity index (χ2v) is 6.06. The molecule has 0 N–H and O–H groups in total. The molecular weight excluding hydrogens is 192 g/mol. The summed E-state index contributed by atoms with van der Waals surface area (Å²) in [6.07, 6.45) is 11.3. The Kier molecular flexibility index (Phi) is 3.76. The van der Waals surface area contributed by atoms with Crippen LogP contribution in [0.15, 0.2) is 0 Å². The third kappa shape index (κ3) is 2.45. The normalized spacial score (nSPS) is 45.0. The van der Waals surface area contributed by atoms with E-state index in [2.05, 4.69) is 6.92 Å². The molecule has 0 nitrogen and oxygen atoms in total. The predicted octanol–water partition coefficient (Wildman–Crippen LogP) is 4.61. The molecular formula is C13H23Cl. The van der Waals surface area contributed by atoms with E-state index in [0.29, 0.717) is 5.38 Å². The van der Waals surface area contributed by atoms with Gasteiger partial charge in [-0.05, 0) is 37.0 Å². The van der Waals surface area contributed by atoms with Crippen LogP contribution >= 0.6 is 11.6 Å². The minimum Gasteiger partial charge on any atom is -0.123 e. The Morgan fingerprint density at radius 3 is 2.43 bits per heavy atom. The lowest BCUT2D eigenvalue weighted by Gasteiger charge is -2.38. The Bertz CT molecular complexity index is 178. The maximum absolute atomic E-state index is 6.46. The Balaban J connectivity index is 1.91. The van der Waals surface area contributed by atoms with Crippen LogP contribution in [0.5, 0.6) is 0 Å². The summed E-state index contributed by atoms with van der Waals surface area (Å²) in [6.45, 7) is 2.41. The Hall–Kier alpha value is 0.290. The van der Waals surface area contributed by atoms with E-state index in [1.165, 1.54) is 51.4 Å². The summed E-state index contributed by atoms with van der Waals surface area (Å²) in [4.78, 5) is 0. The fourth-order valence-corrected chi connectivity index (χ4v) is 4.00. The van der Waals surface area contributed by atoms with E-state index < -0.39 is 0 Å². The van der Waals surface area contributed by atoms with Gasteiger partial charge in [-0.2, -0.15) is 0 Å². The zero-order valence-electron chi connectivity index (χ0n) is 9.34. The molecule has 2 aliphatic rings. The van der Waals surface area contributed by atoms with Crippen molar-refractivity contribution in [2.75, 3.05) is 0 Å². The summed E-state index contributed by atoms with van der Waals surface area (Å²) in [5, 5.41) is 0.499. The Morgan fingerprint density at radius 2 is 1.71 bits per heavy atom. The summed E-state index contributed by atoms with van der Waals surface area (Å²) in [6, 6.07) is 0. The van der Waals surface area contributed by atoms with Crippen molar-refractivity contribution >= 4 is 11.6 Å². The molecule has 0 heterocycles. The molecule has 82 valence electrons. The molecule has 0 aliphatic heterocycles. The molecule has 4 atom stereocenters. The van der Waals surface area contributed by atoms with Gasteiger partial charge in [0.2, 0.25) is 0 Å². The molecule has 0 radical (unpaired) electrons. The summed E-state index contributed by atoms with van der Waals surface area (Å²) in [5.74, 6) is 2.77. The zero-order valence-corrected chi connectivity index (χ0v) is 10.1. The number of hydrogen-bond donors (Lipinski definition) is 0. The van der Waals surface area contributed by atoms with Crippen LogP contribution in [0.1, 0.15) is 58.3 Å². The van der Waals surface area contributed by atoms with Gasteiger partial charge in [0.25, 0.3) is 0 Å². The first kappa shape index (κ1) is 10.8. The number of hydrogen-bond acceptors (Lipinski definition) is 0. The van der Waals surface area contributed by atoms with Crippen molar-refractivity contribution in [2.45, 2.75) is 63.7 Å². The van der Waals surface area contributed by atoms with Crippen molar-refractivity contribution in [3.05, 3.63) is 0 Å². The lowest BCUT2D eigenvalue weighted by atomic mass is 9.70. The molecule has 0 aromatic carbocycles. The predicted molar refractivity (Wildman–Crippen MR) is 62.7 cm³/mol. The second-order valence-electron chi connectivity index (χ2n) is 5.50. The maximum Gasteiger partial charge on any atom is 0.0366 e. The van der Waals surface area contributed by atoms with E-state index in [4.69, 9.17) is 11.6 Å². The topological polar surface area (TPSA) is 0 Å². The van der Waals surface area contributed by atoms with Crippen LogP contribution in [0.3, 0.4) is 0 Å². The zero-order chi connectivity index (χ0) is 9.97. The highest BCUT2D eigenvalue weighted by Crippen LogP contribution is 2.41. The third-order valence-corrected chi connectivity index (χ3v) is 4.86. The van der Waals surface area contributed by atoms with Gasteiger partial charge in [0, 0.05) is 5.38 Å². The van der Waals surface area contributed by atoms with Gasteiger partial charge >= 0.3 is 0 Å². The Morgan fingerprint density at radius 1 is 0.929 bits per heavy atom. The number of halogens is 1. The van der Waals surface area contributed by atoms with E-state index in [-0.39, 0.29) is 0 Å². The maximum atomic E-state index is 6.46. The van der Waals surface area contributed by atoms with Gasteiger partial charge in [0.15, 0.2) is 0 Å². The van der Waals surface area contributed by atoms with Crippen molar-refractivity contribution < 1.29 is 0 Å². The van der Waals surface area contributed by atoms with E-state index in [0.717, 1.165) is 17.8 Å². The average Bonchev–Trinajstić information content (AvgIpc) is 2.18. The van der Waals surface area contributed by atoms with Crippen molar-refractivity contribution in [3.63, 3.8) is 0 Å². The molecule has 4 unspecified atom stereocenters. The molecule has 2 saturated carbocycles. The first-order chi connectivity index (χ1) is 6.77. The lowest BCUT2D eigenvalue weighted by molar-refractivity contribution is 0.169. The minimum atomic E-state index is 0.499. The van der Waals surface area contributed by atoms with Gasteiger partial charge in [0.05, 0.1) is 0 Å². The van der Waals surface area contributed by atoms with Crippen LogP contribution in [0.25, 0.3) is 0 Å². The third-order valence-electron chi connectivity index (χ3n) is 4.31. The van der Waals surface area contributed by atoms with Crippen LogP contribution in [-0.4, -0.2) is 5.38 Å². The van der Waals surface area contributed by atoms with Crippen molar-refractivity contribution in [1.82, 2.24) is 0 Å². The SMILES string of the molecule is CC1CCCC(C2CCCCC2Cl)C1. The van der Waals surface area contributed by atoms with Gasteiger partial charge in [-0.1, -0.05) is 39.0 Å². The second kappa shape index (κ2) is 4.88. The Labute approximate surface area is 93.4 Å². The lowest BCUT2D eigenvalue weighted by Crippen LogP contribution is -2.30. The molecule has 0 saturated heterocycles. The molecule has 0 amide bonds. The molecule has 14 heavy (non-hydrogen) atoms. The van der Waals surface area contributed by atoms with Gasteiger partial charge in [-0.15, -0.1) is 11.6 Å². The van der Waals surface area contributed by atoms with Crippen LogP contribution in [0.2, 0.25) is 0 Å². The van der Waals surface area contributed by atoms with Crippen LogP contribution in [-0.2, 0) is 0 Å². The molecule has 0 bridgehead atoms. The smallest absolute Gasteiger partial charge is 0.0366 e. The van der Waals surface area contributed by atoms with Crippen molar-refractivity contribution in [2.24, 2.45) is 17.8 Å². The molecule has 0 aromatic rings. The average molecular weight is 215 g/mol. The summed E-state index contributed by atoms with van der Waals surface area (Å²) >= 11 is 6.46. The highest BCUT2D eigenvalue weighted by molar-refractivity contribution is 6.20. The summed E-state index contributed by atoms with van der Waals surface area (Å²) in [7, 11) is 0. The van der Waals surface area contributed by atoms with Crippen LogP contribution in [0.4, 0.5) is 0 Å². The van der Waals surface area contributed by atoms with Gasteiger partial charge < -0.3 is 0 Å². The monoisotopic (exact) mass is 214 g/mol. The number of rotatable bonds is 1. The fourth-order valence-electron chi connectivity index (χ4n) is 3.52. The van der Waals surface area contributed by atoms with Crippen LogP contribution < -0.4 is 0 Å². The first-order valence-electron chi connectivity index (χ1n) is 6.41. The summed E-state index contributed by atoms with van der Waals surface area (Å²) < 4.78 is 0. The molecule has 2 aliphatic carbocycles. The molecule has 2 fully saturated rings. The number of alkyl halides is 1. The van der Waals surface area contributed by atoms with Gasteiger partial charge in [-0.3, -0.25) is 0 Å². The van der Waals surface area contributed by atoms with E-state index in [1.807, 2.05) is 0 Å². The van der Waals surface area contributed by atoms with E-state index in [9.17, 15) is 0 Å². The highest BCUT2D eigenvalue weighted by Gasteiger charge is 2.32. The highest BCUT2D eigenvalue weighted by atomic mass is 35.5. The van der Waals surface area contributed by atoms with E-state index >= 15 is 0 Å². The fraction of sp³-hybridized carbons (Fsp3) is 1.00. The van der Waals surface area contributed by atoms with Gasteiger partial charge in [-0.25, -0.2) is 0 Å². The standard InChI is InChI=1S/C13H23Cl/c1-10-5-4-6-11(9-10)12-7-2-3-8-13(12)14/h10-13H,2-9H2,1H3. The minimum absolute atomic E-state index is 0.499. The molecule has 0 spiro atoms. The quantitative estimate of drug-likeness (QED) is 0.560. The van der Waals surface area contributed by atoms with E-state index in [1.54, 1.807) is 0 Å². The first-order valence-corrected chi connectivity index (χ1v) is 6.85. The van der Waals surface area contributed by atoms with Crippen molar-refractivity contribution in [1.29, 1.82) is 0 Å². The van der Waals surface area contributed by atoms with Crippen molar-refractivity contribution in [3.8, 4) is 0 Å². The largest absolute Gasteiger partial charge is 0.123 e. The molecule has 0 aromatic heterocycles. The van der Waals surface area contributed by atoms with Gasteiger partial charge in [0.1, 0.15) is 0 Å².